The van der Waals surface area contributed by atoms with Gasteiger partial charge in [0.05, 0.1) is 10.6 Å². The number of aryl methyl sites for hydroxylation is 2. The Kier molecular flexibility index (Phi) is 6.51. The predicted molar refractivity (Wildman–Crippen MR) is 115 cm³/mol. The lowest BCUT2D eigenvalue weighted by Crippen LogP contribution is -2.28. The number of nitrogens with zero attached hydrogens (tertiary/aromatic N) is 4. The maximum Gasteiger partial charge on any atom is 0.264 e. The Bertz CT molecular complexity index is 1120. The number of carbonyl (C=O) groups excluding carboxylic acids is 1. The van der Waals surface area contributed by atoms with Crippen molar-refractivity contribution >= 4 is 21.6 Å². The summed E-state index contributed by atoms with van der Waals surface area (Å²) in [4.78, 5) is 12.6. The second-order valence-electron chi connectivity index (χ2n) is 6.87. The van der Waals surface area contributed by atoms with E-state index in [9.17, 15) is 13.2 Å². The number of anilines is 1. The van der Waals surface area contributed by atoms with Gasteiger partial charge in [0.25, 0.3) is 15.9 Å². The smallest absolute Gasteiger partial charge is 0.264 e. The van der Waals surface area contributed by atoms with Gasteiger partial charge in [-0.05, 0) is 44.2 Å². The number of rotatable bonds is 8. The molecule has 3 rings (SSSR count). The molecule has 0 aliphatic carbocycles. The summed E-state index contributed by atoms with van der Waals surface area (Å²) >= 11 is 0. The molecule has 0 fully saturated rings. The standard InChI is InChI=1S/C21H25N5O3S/c1-4-26-15-23-24-20(26)12-13-22-21(27)17-6-5-7-19(14-17)30(28,29)25(3)18-10-8-16(2)9-11-18/h5-11,14-15H,4,12-13H2,1-3H3,(H,22,27). The van der Waals surface area contributed by atoms with Gasteiger partial charge >= 0.3 is 0 Å². The number of aromatic nitrogens is 3. The summed E-state index contributed by atoms with van der Waals surface area (Å²) in [6, 6.07) is 13.2. The van der Waals surface area contributed by atoms with Crippen molar-refractivity contribution in [2.45, 2.75) is 31.7 Å². The number of hydrogen-bond acceptors (Lipinski definition) is 5. The zero-order valence-electron chi connectivity index (χ0n) is 17.2. The Morgan fingerprint density at radius 2 is 1.90 bits per heavy atom. The molecule has 1 aromatic heterocycles. The van der Waals surface area contributed by atoms with Gasteiger partial charge in [0.2, 0.25) is 0 Å². The Hall–Kier alpha value is -3.20. The van der Waals surface area contributed by atoms with E-state index in [2.05, 4.69) is 15.5 Å². The zero-order chi connectivity index (χ0) is 21.7. The van der Waals surface area contributed by atoms with E-state index in [1.54, 1.807) is 30.6 Å². The summed E-state index contributed by atoms with van der Waals surface area (Å²) in [7, 11) is -2.30. The van der Waals surface area contributed by atoms with Crippen LogP contribution < -0.4 is 9.62 Å². The van der Waals surface area contributed by atoms with Crippen LogP contribution in [-0.4, -0.2) is 42.7 Å². The normalized spacial score (nSPS) is 11.3. The second kappa shape index (κ2) is 9.08. The molecular formula is C21H25N5O3S. The molecule has 1 amide bonds. The molecule has 1 heterocycles. The van der Waals surface area contributed by atoms with Crippen LogP contribution in [0.4, 0.5) is 5.69 Å². The number of sulfonamides is 1. The Morgan fingerprint density at radius 1 is 1.17 bits per heavy atom. The number of carbonyl (C=O) groups is 1. The highest BCUT2D eigenvalue weighted by molar-refractivity contribution is 7.92. The van der Waals surface area contributed by atoms with Gasteiger partial charge in [-0.3, -0.25) is 9.10 Å². The maximum atomic E-state index is 13.0. The van der Waals surface area contributed by atoms with Gasteiger partial charge in [-0.1, -0.05) is 23.8 Å². The fourth-order valence-corrected chi connectivity index (χ4v) is 4.22. The van der Waals surface area contributed by atoms with Crippen molar-refractivity contribution in [1.82, 2.24) is 20.1 Å². The molecule has 3 aromatic rings. The van der Waals surface area contributed by atoms with Crippen LogP contribution in [0.2, 0.25) is 0 Å². The molecule has 0 unspecified atom stereocenters. The quantitative estimate of drug-likeness (QED) is 0.595. The van der Waals surface area contributed by atoms with Crippen LogP contribution in [0, 0.1) is 6.92 Å². The minimum Gasteiger partial charge on any atom is -0.352 e. The molecule has 0 atom stereocenters. The number of hydrogen-bond donors (Lipinski definition) is 1. The first-order valence-electron chi connectivity index (χ1n) is 9.63. The average Bonchev–Trinajstić information content (AvgIpc) is 3.21. The minimum absolute atomic E-state index is 0.0592. The first kappa shape index (κ1) is 21.5. The number of benzene rings is 2. The third-order valence-corrected chi connectivity index (χ3v) is 6.60. The first-order chi connectivity index (χ1) is 14.3. The third-order valence-electron chi connectivity index (χ3n) is 4.82. The SMILES string of the molecule is CCn1cnnc1CCNC(=O)c1cccc(S(=O)(=O)N(C)c2ccc(C)cc2)c1. The van der Waals surface area contributed by atoms with Gasteiger partial charge in [-0.25, -0.2) is 8.42 Å². The summed E-state index contributed by atoms with van der Waals surface area (Å²) in [5, 5.41) is 10.7. The number of nitrogens with one attached hydrogen (secondary N) is 1. The summed E-state index contributed by atoms with van der Waals surface area (Å²) in [5.41, 5.74) is 1.88. The molecule has 158 valence electrons. The Morgan fingerprint density at radius 3 is 2.60 bits per heavy atom. The van der Waals surface area contributed by atoms with E-state index in [0.29, 0.717) is 18.7 Å². The lowest BCUT2D eigenvalue weighted by atomic mass is 10.2. The monoisotopic (exact) mass is 427 g/mol. The first-order valence-corrected chi connectivity index (χ1v) is 11.1. The highest BCUT2D eigenvalue weighted by atomic mass is 32.2. The average molecular weight is 428 g/mol. The van der Waals surface area contributed by atoms with Crippen molar-refractivity contribution in [2.75, 3.05) is 17.9 Å². The van der Waals surface area contributed by atoms with Crippen molar-refractivity contribution in [1.29, 1.82) is 0 Å². The van der Waals surface area contributed by atoms with E-state index in [1.807, 2.05) is 30.5 Å². The molecule has 1 N–H and O–H groups in total. The largest absolute Gasteiger partial charge is 0.352 e. The summed E-state index contributed by atoms with van der Waals surface area (Å²) in [5.74, 6) is 0.446. The van der Waals surface area contributed by atoms with Crippen LogP contribution in [0.3, 0.4) is 0 Å². The van der Waals surface area contributed by atoms with Crippen LogP contribution in [0.1, 0.15) is 28.7 Å². The van der Waals surface area contributed by atoms with Crippen LogP contribution in [0.15, 0.2) is 59.8 Å². The van der Waals surface area contributed by atoms with Gasteiger partial charge in [0, 0.05) is 32.1 Å². The molecule has 0 radical (unpaired) electrons. The molecule has 0 bridgehead atoms. The van der Waals surface area contributed by atoms with Crippen molar-refractivity contribution in [2.24, 2.45) is 0 Å². The van der Waals surface area contributed by atoms with Gasteiger partial charge in [-0.15, -0.1) is 10.2 Å². The zero-order valence-corrected chi connectivity index (χ0v) is 18.1. The van der Waals surface area contributed by atoms with E-state index in [1.165, 1.54) is 23.5 Å². The molecule has 2 aromatic carbocycles. The van der Waals surface area contributed by atoms with Crippen LogP contribution in [0.25, 0.3) is 0 Å². The van der Waals surface area contributed by atoms with Gasteiger partial charge in [0.1, 0.15) is 12.2 Å². The molecular weight excluding hydrogens is 402 g/mol. The number of amides is 1. The molecule has 0 saturated heterocycles. The lowest BCUT2D eigenvalue weighted by molar-refractivity contribution is 0.0953. The van der Waals surface area contributed by atoms with E-state index in [4.69, 9.17) is 0 Å². The highest BCUT2D eigenvalue weighted by Crippen LogP contribution is 2.23. The minimum atomic E-state index is -3.79. The van der Waals surface area contributed by atoms with Crippen LogP contribution in [-0.2, 0) is 23.0 Å². The lowest BCUT2D eigenvalue weighted by Gasteiger charge is -2.20. The fourth-order valence-electron chi connectivity index (χ4n) is 2.98. The van der Waals surface area contributed by atoms with E-state index >= 15 is 0 Å². The van der Waals surface area contributed by atoms with Crippen molar-refractivity contribution < 1.29 is 13.2 Å². The molecule has 0 spiro atoms. The predicted octanol–water partition coefficient (Wildman–Crippen LogP) is 2.40. The highest BCUT2D eigenvalue weighted by Gasteiger charge is 2.22. The van der Waals surface area contributed by atoms with E-state index in [0.717, 1.165) is 17.9 Å². The molecule has 0 aliphatic rings. The van der Waals surface area contributed by atoms with E-state index in [-0.39, 0.29) is 16.4 Å². The molecule has 0 aliphatic heterocycles. The molecule has 9 heteroatoms. The van der Waals surface area contributed by atoms with Crippen molar-refractivity contribution in [3.63, 3.8) is 0 Å². The molecule has 0 saturated carbocycles. The van der Waals surface area contributed by atoms with Crippen molar-refractivity contribution in [3.8, 4) is 0 Å². The Labute approximate surface area is 176 Å². The van der Waals surface area contributed by atoms with Gasteiger partial charge in [-0.2, -0.15) is 0 Å². The maximum absolute atomic E-state index is 13.0. The molecule has 30 heavy (non-hydrogen) atoms. The summed E-state index contributed by atoms with van der Waals surface area (Å²) < 4.78 is 29.1. The van der Waals surface area contributed by atoms with Gasteiger partial charge in [0.15, 0.2) is 0 Å². The Balaban J connectivity index is 1.71. The third kappa shape index (κ3) is 4.68. The molecule has 8 nitrogen and oxygen atoms in total. The van der Waals surface area contributed by atoms with Crippen molar-refractivity contribution in [3.05, 3.63) is 71.8 Å². The summed E-state index contributed by atoms with van der Waals surface area (Å²) in [6.07, 6.45) is 2.18. The second-order valence-corrected chi connectivity index (χ2v) is 8.84. The van der Waals surface area contributed by atoms with E-state index < -0.39 is 10.0 Å². The summed E-state index contributed by atoms with van der Waals surface area (Å²) in [6.45, 7) is 5.06. The fraction of sp³-hybridized carbons (Fsp3) is 0.286. The van der Waals surface area contributed by atoms with Gasteiger partial charge < -0.3 is 9.88 Å². The topological polar surface area (TPSA) is 97.2 Å². The van der Waals surface area contributed by atoms with Crippen LogP contribution >= 0.6 is 0 Å². The van der Waals surface area contributed by atoms with Crippen LogP contribution in [0.5, 0.6) is 0 Å².